The molecule has 0 saturated heterocycles. The molecule has 4 heteroatoms. The lowest BCUT2D eigenvalue weighted by molar-refractivity contribution is -0.122. The zero-order valence-corrected chi connectivity index (χ0v) is 14.1. The summed E-state index contributed by atoms with van der Waals surface area (Å²) in [5.74, 6) is 0.0501. The second kappa shape index (κ2) is 6.77. The molecule has 0 bridgehead atoms. The van der Waals surface area contributed by atoms with Gasteiger partial charge in [0.15, 0.2) is 0 Å². The third-order valence-corrected chi connectivity index (χ3v) is 4.26. The predicted octanol–water partition coefficient (Wildman–Crippen LogP) is 3.64. The molecule has 1 amide bonds. The number of carbonyl (C=O) groups is 1. The van der Waals surface area contributed by atoms with Crippen molar-refractivity contribution in [2.75, 3.05) is 0 Å². The topological polar surface area (TPSA) is 46.9 Å². The Labute approximate surface area is 132 Å². The van der Waals surface area contributed by atoms with E-state index in [-0.39, 0.29) is 18.0 Å². The smallest absolute Gasteiger partial charge is 0.222 e. The van der Waals surface area contributed by atoms with Crippen molar-refractivity contribution in [2.24, 2.45) is 0 Å². The number of amides is 1. The lowest BCUT2D eigenvalue weighted by Crippen LogP contribution is -2.29. The highest BCUT2D eigenvalue weighted by molar-refractivity contribution is 5.76. The van der Waals surface area contributed by atoms with E-state index in [4.69, 9.17) is 0 Å². The van der Waals surface area contributed by atoms with Crippen LogP contribution >= 0.6 is 0 Å². The molecule has 118 valence electrons. The van der Waals surface area contributed by atoms with Crippen molar-refractivity contribution in [3.63, 3.8) is 0 Å². The van der Waals surface area contributed by atoms with Gasteiger partial charge in [-0.2, -0.15) is 5.10 Å². The number of benzene rings is 1. The number of nitrogens with one attached hydrogen (secondary N) is 1. The van der Waals surface area contributed by atoms with E-state index >= 15 is 0 Å². The highest BCUT2D eigenvalue weighted by Gasteiger charge is 2.17. The Hall–Kier alpha value is -2.10. The predicted molar refractivity (Wildman–Crippen MR) is 88.8 cm³/mol. The summed E-state index contributed by atoms with van der Waals surface area (Å²) in [5, 5.41) is 7.59. The number of aryl methyl sites for hydroxylation is 1. The standard InChI is InChI=1S/C18H25N3O/c1-12(21-16(5)13(2)14(3)20-21)11-18(22)19-15(4)17-9-7-6-8-10-17/h6-10,12,15H,11H2,1-5H3,(H,19,22)/t12-,15+/m0/s1. The van der Waals surface area contributed by atoms with Gasteiger partial charge in [0.2, 0.25) is 5.91 Å². The third kappa shape index (κ3) is 3.56. The van der Waals surface area contributed by atoms with Crippen molar-refractivity contribution in [1.29, 1.82) is 0 Å². The lowest BCUT2D eigenvalue weighted by atomic mass is 10.1. The van der Waals surface area contributed by atoms with Gasteiger partial charge in [0, 0.05) is 12.1 Å². The molecule has 0 spiro atoms. The number of aromatic nitrogens is 2. The van der Waals surface area contributed by atoms with E-state index in [0.29, 0.717) is 6.42 Å². The molecule has 2 atom stereocenters. The van der Waals surface area contributed by atoms with Crippen LogP contribution in [0.5, 0.6) is 0 Å². The van der Waals surface area contributed by atoms with Gasteiger partial charge in [0.1, 0.15) is 0 Å². The lowest BCUT2D eigenvalue weighted by Gasteiger charge is -2.18. The SMILES string of the molecule is Cc1nn([C@@H](C)CC(=O)N[C@H](C)c2ccccc2)c(C)c1C. The summed E-state index contributed by atoms with van der Waals surface area (Å²) in [6, 6.07) is 10.1. The number of rotatable bonds is 5. The second-order valence-electron chi connectivity index (χ2n) is 5.99. The van der Waals surface area contributed by atoms with Gasteiger partial charge in [-0.1, -0.05) is 30.3 Å². The average Bonchev–Trinajstić information content (AvgIpc) is 2.75. The molecule has 0 fully saturated rings. The maximum Gasteiger partial charge on any atom is 0.222 e. The minimum absolute atomic E-state index is 0.0168. The Morgan fingerprint density at radius 3 is 2.36 bits per heavy atom. The summed E-state index contributed by atoms with van der Waals surface area (Å²) in [6.45, 7) is 10.2. The first-order chi connectivity index (χ1) is 10.4. The third-order valence-electron chi connectivity index (χ3n) is 4.26. The van der Waals surface area contributed by atoms with Gasteiger partial charge < -0.3 is 5.32 Å². The quantitative estimate of drug-likeness (QED) is 0.916. The first kappa shape index (κ1) is 16.3. The van der Waals surface area contributed by atoms with Gasteiger partial charge in [-0.05, 0) is 45.7 Å². The maximum absolute atomic E-state index is 12.3. The number of nitrogens with zero attached hydrogens (tertiary/aromatic N) is 2. The van der Waals surface area contributed by atoms with E-state index in [1.165, 1.54) is 5.56 Å². The van der Waals surface area contributed by atoms with Crippen molar-refractivity contribution >= 4 is 5.91 Å². The van der Waals surface area contributed by atoms with Crippen LogP contribution in [0.4, 0.5) is 0 Å². The van der Waals surface area contributed by atoms with Crippen molar-refractivity contribution in [1.82, 2.24) is 15.1 Å². The molecule has 1 aromatic heterocycles. The summed E-state index contributed by atoms with van der Waals surface area (Å²) in [6.07, 6.45) is 0.429. The fraction of sp³-hybridized carbons (Fsp3) is 0.444. The molecule has 0 aliphatic heterocycles. The molecular weight excluding hydrogens is 274 g/mol. The van der Waals surface area contributed by atoms with E-state index in [1.807, 2.05) is 55.8 Å². The molecule has 1 aromatic carbocycles. The zero-order valence-electron chi connectivity index (χ0n) is 14.1. The van der Waals surface area contributed by atoms with Gasteiger partial charge >= 0.3 is 0 Å². The summed E-state index contributed by atoms with van der Waals surface area (Å²) in [5.41, 5.74) is 4.48. The molecule has 0 aliphatic carbocycles. The Bertz CT molecular complexity index is 646. The van der Waals surface area contributed by atoms with Crippen LogP contribution in [0.15, 0.2) is 30.3 Å². The minimum atomic E-state index is 0.0168. The van der Waals surface area contributed by atoms with Crippen LogP contribution in [0, 0.1) is 20.8 Å². The van der Waals surface area contributed by atoms with Crippen LogP contribution in [0.25, 0.3) is 0 Å². The van der Waals surface area contributed by atoms with Crippen molar-refractivity contribution in [2.45, 2.75) is 53.1 Å². The van der Waals surface area contributed by atoms with Crippen LogP contribution in [0.3, 0.4) is 0 Å². The van der Waals surface area contributed by atoms with E-state index in [2.05, 4.69) is 24.3 Å². The van der Waals surface area contributed by atoms with E-state index in [0.717, 1.165) is 17.0 Å². The summed E-state index contributed by atoms with van der Waals surface area (Å²) >= 11 is 0. The van der Waals surface area contributed by atoms with Crippen LogP contribution < -0.4 is 5.32 Å². The minimum Gasteiger partial charge on any atom is -0.350 e. The first-order valence-corrected chi connectivity index (χ1v) is 7.76. The zero-order chi connectivity index (χ0) is 16.3. The fourth-order valence-electron chi connectivity index (χ4n) is 2.65. The Balaban J connectivity index is 1.98. The second-order valence-corrected chi connectivity index (χ2v) is 5.99. The van der Waals surface area contributed by atoms with Gasteiger partial charge in [-0.3, -0.25) is 9.48 Å². The largest absolute Gasteiger partial charge is 0.350 e. The highest BCUT2D eigenvalue weighted by Crippen LogP contribution is 2.19. The Kier molecular flexibility index (Phi) is 5.01. The van der Waals surface area contributed by atoms with Crippen LogP contribution in [-0.4, -0.2) is 15.7 Å². The van der Waals surface area contributed by atoms with Gasteiger partial charge in [-0.15, -0.1) is 0 Å². The summed E-state index contributed by atoms with van der Waals surface area (Å²) < 4.78 is 1.96. The Morgan fingerprint density at radius 2 is 1.82 bits per heavy atom. The number of hydrogen-bond acceptors (Lipinski definition) is 2. The van der Waals surface area contributed by atoms with Crippen molar-refractivity contribution in [3.8, 4) is 0 Å². The van der Waals surface area contributed by atoms with E-state index in [9.17, 15) is 4.79 Å². The van der Waals surface area contributed by atoms with Crippen LogP contribution in [0.2, 0.25) is 0 Å². The van der Waals surface area contributed by atoms with Crippen molar-refractivity contribution < 1.29 is 4.79 Å². The molecule has 22 heavy (non-hydrogen) atoms. The van der Waals surface area contributed by atoms with Crippen molar-refractivity contribution in [3.05, 3.63) is 52.8 Å². The Morgan fingerprint density at radius 1 is 1.18 bits per heavy atom. The molecule has 0 radical (unpaired) electrons. The van der Waals surface area contributed by atoms with Crippen LogP contribution in [-0.2, 0) is 4.79 Å². The monoisotopic (exact) mass is 299 g/mol. The molecule has 0 unspecified atom stereocenters. The molecule has 1 heterocycles. The van der Waals surface area contributed by atoms with E-state index in [1.54, 1.807) is 0 Å². The average molecular weight is 299 g/mol. The number of hydrogen-bond donors (Lipinski definition) is 1. The summed E-state index contributed by atoms with van der Waals surface area (Å²) in [7, 11) is 0. The van der Waals surface area contributed by atoms with Crippen LogP contribution in [0.1, 0.15) is 54.9 Å². The molecule has 2 rings (SSSR count). The fourth-order valence-corrected chi connectivity index (χ4v) is 2.65. The van der Waals surface area contributed by atoms with E-state index < -0.39 is 0 Å². The molecule has 4 nitrogen and oxygen atoms in total. The maximum atomic E-state index is 12.3. The molecular formula is C18H25N3O. The highest BCUT2D eigenvalue weighted by atomic mass is 16.1. The normalized spacial score (nSPS) is 13.7. The summed E-state index contributed by atoms with van der Waals surface area (Å²) in [4.78, 5) is 12.3. The molecule has 0 saturated carbocycles. The molecule has 0 aliphatic rings. The first-order valence-electron chi connectivity index (χ1n) is 7.76. The van der Waals surface area contributed by atoms with Gasteiger partial charge in [-0.25, -0.2) is 0 Å². The molecule has 2 aromatic rings. The van der Waals surface area contributed by atoms with Gasteiger partial charge in [0.25, 0.3) is 0 Å². The number of carbonyl (C=O) groups excluding carboxylic acids is 1. The molecule has 1 N–H and O–H groups in total. The van der Waals surface area contributed by atoms with Gasteiger partial charge in [0.05, 0.1) is 17.8 Å².